The summed E-state index contributed by atoms with van der Waals surface area (Å²) in [6, 6.07) is 12.1. The Labute approximate surface area is 201 Å². The molecule has 0 bridgehead atoms. The van der Waals surface area contributed by atoms with Crippen molar-refractivity contribution in [3.8, 4) is 17.5 Å². The van der Waals surface area contributed by atoms with Crippen LogP contribution in [0.5, 0.6) is 17.5 Å². The number of ether oxygens (including phenoxy) is 2. The minimum absolute atomic E-state index is 0.0154. The van der Waals surface area contributed by atoms with E-state index in [2.05, 4.69) is 31.0 Å². The van der Waals surface area contributed by atoms with Gasteiger partial charge in [0.15, 0.2) is 0 Å². The lowest BCUT2D eigenvalue weighted by Crippen LogP contribution is -2.27. The summed E-state index contributed by atoms with van der Waals surface area (Å²) in [5.41, 5.74) is 1.03. The van der Waals surface area contributed by atoms with Gasteiger partial charge < -0.3 is 14.8 Å². The molecule has 33 heavy (non-hydrogen) atoms. The van der Waals surface area contributed by atoms with Gasteiger partial charge in [-0.1, -0.05) is 43.1 Å². The van der Waals surface area contributed by atoms with Crippen LogP contribution in [0.2, 0.25) is 5.02 Å². The monoisotopic (exact) mass is 545 g/mol. The van der Waals surface area contributed by atoms with Crippen molar-refractivity contribution in [2.24, 2.45) is 0 Å². The van der Waals surface area contributed by atoms with Gasteiger partial charge in [-0.05, 0) is 52.2 Å². The summed E-state index contributed by atoms with van der Waals surface area (Å²) in [4.78, 5) is 17.1. The highest BCUT2D eigenvalue weighted by atomic mass is 79.9. The Kier molecular flexibility index (Phi) is 8.25. The van der Waals surface area contributed by atoms with Gasteiger partial charge in [-0.2, -0.15) is 4.98 Å². The number of halogens is 5. The fourth-order valence-electron chi connectivity index (χ4n) is 2.92. The van der Waals surface area contributed by atoms with E-state index >= 15 is 0 Å². The van der Waals surface area contributed by atoms with E-state index in [4.69, 9.17) is 16.3 Å². The third-order valence-electron chi connectivity index (χ3n) is 4.42. The number of benzene rings is 2. The zero-order valence-electron chi connectivity index (χ0n) is 17.5. The summed E-state index contributed by atoms with van der Waals surface area (Å²) >= 11 is 9.27. The zero-order chi connectivity index (χ0) is 24.0. The molecule has 1 amide bonds. The lowest BCUT2D eigenvalue weighted by Gasteiger charge is -2.14. The van der Waals surface area contributed by atoms with Crippen molar-refractivity contribution < 1.29 is 27.4 Å². The molecule has 3 aromatic rings. The predicted octanol–water partition coefficient (Wildman–Crippen LogP) is 6.57. The van der Waals surface area contributed by atoms with Gasteiger partial charge in [0.25, 0.3) is 5.91 Å². The number of nitrogens with one attached hydrogen (secondary N) is 1. The Morgan fingerprint density at radius 2 is 1.88 bits per heavy atom. The first-order valence-corrected chi connectivity index (χ1v) is 11.2. The van der Waals surface area contributed by atoms with Gasteiger partial charge in [0.1, 0.15) is 21.8 Å². The van der Waals surface area contributed by atoms with Crippen molar-refractivity contribution in [1.82, 2.24) is 14.9 Å². The summed E-state index contributed by atoms with van der Waals surface area (Å²) in [6.07, 6.45) is -3.11. The van der Waals surface area contributed by atoms with Gasteiger partial charge in [0.05, 0.1) is 6.54 Å². The topological polar surface area (TPSA) is 65.4 Å². The van der Waals surface area contributed by atoms with E-state index in [1.165, 1.54) is 16.7 Å². The normalized spacial score (nSPS) is 11.3. The fraction of sp³-hybridized carbons (Fsp3) is 0.273. The highest BCUT2D eigenvalue weighted by molar-refractivity contribution is 9.10. The molecule has 0 radical (unpaired) electrons. The Bertz CT molecular complexity index is 1100. The largest absolute Gasteiger partial charge is 0.573 e. The molecule has 0 aliphatic carbocycles. The van der Waals surface area contributed by atoms with Gasteiger partial charge in [0, 0.05) is 17.6 Å². The highest BCUT2D eigenvalue weighted by Crippen LogP contribution is 2.31. The number of hydrogen-bond acceptors (Lipinski definition) is 4. The van der Waals surface area contributed by atoms with Crippen LogP contribution < -0.4 is 14.8 Å². The summed E-state index contributed by atoms with van der Waals surface area (Å²) < 4.78 is 49.2. The number of amides is 1. The molecule has 3 rings (SSSR count). The molecule has 176 valence electrons. The molecule has 1 heterocycles. The standard InChI is InChI=1S/C22H20BrClF3N3O3/c1-2-3-11-28-20(31)18-19(23)29-21(30(18)13-14-7-9-15(24)10-8-14)32-16-5-4-6-17(12-16)33-22(25,26)27/h4-10,12H,2-3,11,13H2,1H3,(H,28,31). The molecule has 0 fully saturated rings. The molecule has 0 aliphatic rings. The first-order chi connectivity index (χ1) is 15.7. The van der Waals surface area contributed by atoms with E-state index in [-0.39, 0.29) is 34.5 Å². The summed E-state index contributed by atoms with van der Waals surface area (Å²) in [6.45, 7) is 2.71. The van der Waals surface area contributed by atoms with Crippen LogP contribution in [0.1, 0.15) is 35.8 Å². The van der Waals surface area contributed by atoms with Gasteiger partial charge in [-0.25, -0.2) is 0 Å². The minimum Gasteiger partial charge on any atom is -0.425 e. The Morgan fingerprint density at radius 3 is 2.55 bits per heavy atom. The van der Waals surface area contributed by atoms with Gasteiger partial charge in [0.2, 0.25) is 0 Å². The van der Waals surface area contributed by atoms with Crippen LogP contribution in [0.15, 0.2) is 53.1 Å². The average Bonchev–Trinajstić information content (AvgIpc) is 3.03. The van der Waals surface area contributed by atoms with Gasteiger partial charge >= 0.3 is 12.4 Å². The Hall–Kier alpha value is -2.72. The van der Waals surface area contributed by atoms with Crippen molar-refractivity contribution in [2.75, 3.05) is 6.54 Å². The van der Waals surface area contributed by atoms with Crippen molar-refractivity contribution in [2.45, 2.75) is 32.7 Å². The third kappa shape index (κ3) is 7.13. The van der Waals surface area contributed by atoms with Gasteiger partial charge in [-0.15, -0.1) is 13.2 Å². The maximum atomic E-state index is 12.9. The van der Waals surface area contributed by atoms with Crippen LogP contribution in [0.25, 0.3) is 0 Å². The van der Waals surface area contributed by atoms with E-state index in [0.717, 1.165) is 30.5 Å². The third-order valence-corrected chi connectivity index (χ3v) is 5.23. The minimum atomic E-state index is -4.83. The number of nitrogens with zero attached hydrogens (tertiary/aromatic N) is 2. The summed E-state index contributed by atoms with van der Waals surface area (Å²) in [5.74, 6) is -0.738. The predicted molar refractivity (Wildman–Crippen MR) is 121 cm³/mol. The first kappa shape index (κ1) is 24.9. The smallest absolute Gasteiger partial charge is 0.425 e. The summed E-state index contributed by atoms with van der Waals surface area (Å²) in [5, 5.41) is 3.39. The van der Waals surface area contributed by atoms with Crippen molar-refractivity contribution >= 4 is 33.4 Å². The number of aromatic nitrogens is 2. The van der Waals surface area contributed by atoms with E-state index in [9.17, 15) is 18.0 Å². The fourth-order valence-corrected chi connectivity index (χ4v) is 3.59. The molecule has 1 N–H and O–H groups in total. The molecule has 0 atom stereocenters. The second kappa shape index (κ2) is 10.9. The van der Waals surface area contributed by atoms with E-state index in [1.807, 2.05) is 6.92 Å². The number of rotatable bonds is 9. The molecular formula is C22H20BrClF3N3O3. The van der Waals surface area contributed by atoms with E-state index in [0.29, 0.717) is 11.6 Å². The number of carbonyl (C=O) groups excluding carboxylic acids is 1. The molecule has 0 unspecified atom stereocenters. The number of unbranched alkanes of at least 4 members (excludes halogenated alkanes) is 1. The Morgan fingerprint density at radius 1 is 1.18 bits per heavy atom. The van der Waals surface area contributed by atoms with Crippen LogP contribution in [0.3, 0.4) is 0 Å². The lowest BCUT2D eigenvalue weighted by molar-refractivity contribution is -0.274. The molecule has 0 aliphatic heterocycles. The van der Waals surface area contributed by atoms with Crippen molar-refractivity contribution in [3.63, 3.8) is 0 Å². The maximum Gasteiger partial charge on any atom is 0.573 e. The maximum absolute atomic E-state index is 12.9. The van der Waals surface area contributed by atoms with Crippen LogP contribution in [0, 0.1) is 0 Å². The average molecular weight is 547 g/mol. The second-order valence-electron chi connectivity index (χ2n) is 6.98. The highest BCUT2D eigenvalue weighted by Gasteiger charge is 2.31. The zero-order valence-corrected chi connectivity index (χ0v) is 19.8. The lowest BCUT2D eigenvalue weighted by atomic mass is 10.2. The molecule has 2 aromatic carbocycles. The molecule has 0 saturated heterocycles. The SMILES string of the molecule is CCCCNC(=O)c1c(Br)nc(Oc2cccc(OC(F)(F)F)c2)n1Cc1ccc(Cl)cc1. The van der Waals surface area contributed by atoms with E-state index in [1.54, 1.807) is 24.3 Å². The van der Waals surface area contributed by atoms with E-state index < -0.39 is 12.1 Å². The molecule has 1 aromatic heterocycles. The van der Waals surface area contributed by atoms with Crippen LogP contribution in [-0.2, 0) is 6.54 Å². The van der Waals surface area contributed by atoms with Crippen LogP contribution in [0.4, 0.5) is 13.2 Å². The molecule has 0 saturated carbocycles. The van der Waals surface area contributed by atoms with Crippen molar-refractivity contribution in [3.05, 3.63) is 69.4 Å². The van der Waals surface area contributed by atoms with Crippen LogP contribution >= 0.6 is 27.5 Å². The molecular weight excluding hydrogens is 527 g/mol. The first-order valence-electron chi connectivity index (χ1n) is 9.98. The van der Waals surface area contributed by atoms with Crippen LogP contribution in [-0.4, -0.2) is 28.4 Å². The van der Waals surface area contributed by atoms with Gasteiger partial charge in [-0.3, -0.25) is 9.36 Å². The molecule has 0 spiro atoms. The number of imidazole rings is 1. The summed E-state index contributed by atoms with van der Waals surface area (Å²) in [7, 11) is 0. The van der Waals surface area contributed by atoms with Crippen molar-refractivity contribution in [1.29, 1.82) is 0 Å². The number of alkyl halides is 3. The Balaban J connectivity index is 1.95. The number of hydrogen-bond donors (Lipinski definition) is 1. The molecule has 6 nitrogen and oxygen atoms in total. The molecule has 11 heteroatoms. The quantitative estimate of drug-likeness (QED) is 0.308. The second-order valence-corrected chi connectivity index (χ2v) is 8.17. The number of carbonyl (C=O) groups is 1.